The molecule has 0 N–H and O–H groups in total. The van der Waals surface area contributed by atoms with Crippen molar-refractivity contribution in [2.24, 2.45) is 5.92 Å². The molecule has 0 radical (unpaired) electrons. The molecule has 1 aliphatic rings. The van der Waals surface area contributed by atoms with Crippen LogP contribution >= 0.6 is 11.6 Å². The molecule has 4 rings (SSSR count). The van der Waals surface area contributed by atoms with Crippen molar-refractivity contribution in [2.45, 2.75) is 20.4 Å². The summed E-state index contributed by atoms with van der Waals surface area (Å²) < 4.78 is 1.76. The van der Waals surface area contributed by atoms with Crippen LogP contribution in [-0.4, -0.2) is 51.5 Å². The maximum absolute atomic E-state index is 13.2. The molecule has 0 unspecified atom stereocenters. The van der Waals surface area contributed by atoms with Crippen LogP contribution in [0.4, 0.5) is 5.82 Å². The summed E-state index contributed by atoms with van der Waals surface area (Å²) in [6.45, 7) is 6.93. The Morgan fingerprint density at radius 2 is 1.80 bits per heavy atom. The van der Waals surface area contributed by atoms with E-state index < -0.39 is 0 Å². The van der Waals surface area contributed by atoms with E-state index in [9.17, 15) is 9.59 Å². The summed E-state index contributed by atoms with van der Waals surface area (Å²) in [5.74, 6) is 0.726. The Labute approximate surface area is 179 Å². The fourth-order valence-corrected chi connectivity index (χ4v) is 3.85. The number of amides is 1. The van der Waals surface area contributed by atoms with Gasteiger partial charge < -0.3 is 14.4 Å². The van der Waals surface area contributed by atoms with Gasteiger partial charge in [0.05, 0.1) is 17.2 Å². The zero-order chi connectivity index (χ0) is 21.3. The largest absolute Gasteiger partial charge is 0.348 e. The molecule has 0 bridgehead atoms. The number of pyridine rings is 1. The predicted octanol–water partition coefficient (Wildman–Crippen LogP) is 3.06. The minimum atomic E-state index is -0.110. The molecule has 1 saturated heterocycles. The van der Waals surface area contributed by atoms with Crippen LogP contribution in [0.15, 0.2) is 47.5 Å². The third-order valence-corrected chi connectivity index (χ3v) is 5.49. The van der Waals surface area contributed by atoms with E-state index in [1.807, 2.05) is 11.0 Å². The molecule has 2 aromatic heterocycles. The molecule has 0 atom stereocenters. The first-order valence-electron chi connectivity index (χ1n) is 10.1. The van der Waals surface area contributed by atoms with Crippen molar-refractivity contribution in [1.82, 2.24) is 19.4 Å². The fourth-order valence-electron chi connectivity index (χ4n) is 3.72. The Bertz CT molecular complexity index is 1120. The van der Waals surface area contributed by atoms with Crippen molar-refractivity contribution < 1.29 is 4.79 Å². The summed E-state index contributed by atoms with van der Waals surface area (Å²) in [6.07, 6.45) is 3.38. The number of benzene rings is 1. The van der Waals surface area contributed by atoms with Gasteiger partial charge in [0.1, 0.15) is 0 Å². The predicted molar refractivity (Wildman–Crippen MR) is 118 cm³/mol. The summed E-state index contributed by atoms with van der Waals surface area (Å²) in [4.78, 5) is 38.6. The van der Waals surface area contributed by atoms with E-state index in [4.69, 9.17) is 11.6 Å². The van der Waals surface area contributed by atoms with E-state index in [1.54, 1.807) is 46.1 Å². The van der Waals surface area contributed by atoms with E-state index in [-0.39, 0.29) is 11.5 Å². The zero-order valence-corrected chi connectivity index (χ0v) is 17.8. The lowest BCUT2D eigenvalue weighted by atomic mass is 10.2. The Kier molecular flexibility index (Phi) is 5.72. The zero-order valence-electron chi connectivity index (χ0n) is 17.1. The highest BCUT2D eigenvalue weighted by molar-refractivity contribution is 6.30. The third kappa shape index (κ3) is 4.03. The number of hydrogen-bond acceptors (Lipinski definition) is 5. The van der Waals surface area contributed by atoms with E-state index >= 15 is 0 Å². The van der Waals surface area contributed by atoms with E-state index in [0.717, 1.165) is 11.0 Å². The molecule has 1 amide bonds. The van der Waals surface area contributed by atoms with E-state index in [1.165, 1.54) is 0 Å². The van der Waals surface area contributed by atoms with Gasteiger partial charge in [0.15, 0.2) is 5.82 Å². The number of aromatic nitrogens is 3. The highest BCUT2D eigenvalue weighted by atomic mass is 35.5. The number of piperazine rings is 1. The van der Waals surface area contributed by atoms with Crippen LogP contribution in [0.1, 0.15) is 24.2 Å². The Morgan fingerprint density at radius 3 is 2.47 bits per heavy atom. The average Bonchev–Trinajstić information content (AvgIpc) is 2.75. The van der Waals surface area contributed by atoms with Crippen LogP contribution in [0, 0.1) is 5.92 Å². The highest BCUT2D eigenvalue weighted by Crippen LogP contribution is 2.18. The fraction of sp³-hybridized carbons (Fsp3) is 0.364. The van der Waals surface area contributed by atoms with Crippen molar-refractivity contribution in [3.63, 3.8) is 0 Å². The lowest BCUT2D eigenvalue weighted by Crippen LogP contribution is -2.50. The SMILES string of the molecule is CC(C)Cn1c(=O)c(N2CCN(C(=O)c3ccc(Cl)cc3)CC2)nc2ccncc21. The van der Waals surface area contributed by atoms with Crippen LogP contribution in [0.3, 0.4) is 0 Å². The van der Waals surface area contributed by atoms with Crippen molar-refractivity contribution in [3.05, 3.63) is 63.7 Å². The maximum Gasteiger partial charge on any atom is 0.294 e. The van der Waals surface area contributed by atoms with Gasteiger partial charge in [0.25, 0.3) is 11.5 Å². The van der Waals surface area contributed by atoms with Crippen molar-refractivity contribution in [1.29, 1.82) is 0 Å². The molecule has 30 heavy (non-hydrogen) atoms. The van der Waals surface area contributed by atoms with Gasteiger partial charge >= 0.3 is 0 Å². The second-order valence-electron chi connectivity index (χ2n) is 7.90. The number of rotatable bonds is 4. The third-order valence-electron chi connectivity index (χ3n) is 5.24. The van der Waals surface area contributed by atoms with E-state index in [2.05, 4.69) is 23.8 Å². The summed E-state index contributed by atoms with van der Waals surface area (Å²) in [7, 11) is 0. The standard InChI is InChI=1S/C22H24ClN5O2/c1-15(2)14-28-19-13-24-8-7-18(19)25-20(22(28)30)26-9-11-27(12-10-26)21(29)16-3-5-17(23)6-4-16/h3-8,13,15H,9-12,14H2,1-2H3. The highest BCUT2D eigenvalue weighted by Gasteiger charge is 2.25. The lowest BCUT2D eigenvalue weighted by Gasteiger charge is -2.35. The molecule has 3 aromatic rings. The summed E-state index contributed by atoms with van der Waals surface area (Å²) in [5.41, 5.74) is 2.00. The van der Waals surface area contributed by atoms with Crippen LogP contribution < -0.4 is 10.5 Å². The quantitative estimate of drug-likeness (QED) is 0.642. The van der Waals surface area contributed by atoms with Crippen molar-refractivity contribution in [2.75, 3.05) is 31.1 Å². The summed E-state index contributed by atoms with van der Waals surface area (Å²) in [5, 5.41) is 0.603. The van der Waals surface area contributed by atoms with Crippen LogP contribution in [0.2, 0.25) is 5.02 Å². The number of halogens is 1. The lowest BCUT2D eigenvalue weighted by molar-refractivity contribution is 0.0746. The molecule has 1 aliphatic heterocycles. The first-order chi connectivity index (χ1) is 14.4. The Hall–Kier alpha value is -2.93. The van der Waals surface area contributed by atoms with Crippen molar-refractivity contribution in [3.8, 4) is 0 Å². The summed E-state index contributed by atoms with van der Waals surface area (Å²) >= 11 is 5.92. The topological polar surface area (TPSA) is 71.3 Å². The van der Waals surface area contributed by atoms with Gasteiger partial charge in [-0.25, -0.2) is 4.98 Å². The molecule has 0 spiro atoms. The second-order valence-corrected chi connectivity index (χ2v) is 8.33. The van der Waals surface area contributed by atoms with Gasteiger partial charge in [-0.2, -0.15) is 0 Å². The Balaban J connectivity index is 1.57. The molecule has 0 aliphatic carbocycles. The number of anilines is 1. The maximum atomic E-state index is 13.2. The van der Waals surface area contributed by atoms with Gasteiger partial charge in [-0.05, 0) is 36.2 Å². The minimum absolute atomic E-state index is 0.0268. The molecule has 1 fully saturated rings. The van der Waals surface area contributed by atoms with Crippen LogP contribution in [-0.2, 0) is 6.54 Å². The molecular weight excluding hydrogens is 402 g/mol. The minimum Gasteiger partial charge on any atom is -0.348 e. The monoisotopic (exact) mass is 425 g/mol. The van der Waals surface area contributed by atoms with Gasteiger partial charge in [0.2, 0.25) is 0 Å². The summed E-state index contributed by atoms with van der Waals surface area (Å²) in [6, 6.07) is 8.74. The van der Waals surface area contributed by atoms with Gasteiger partial charge in [-0.15, -0.1) is 0 Å². The van der Waals surface area contributed by atoms with Gasteiger partial charge in [0, 0.05) is 49.5 Å². The van der Waals surface area contributed by atoms with Crippen LogP contribution in [0.25, 0.3) is 11.0 Å². The first kappa shape index (κ1) is 20.3. The number of nitrogens with zero attached hydrogens (tertiary/aromatic N) is 5. The second kappa shape index (κ2) is 8.44. The first-order valence-corrected chi connectivity index (χ1v) is 10.5. The number of carbonyl (C=O) groups is 1. The number of fused-ring (bicyclic) bond motifs is 1. The molecule has 1 aromatic carbocycles. The number of carbonyl (C=O) groups excluding carboxylic acids is 1. The van der Waals surface area contributed by atoms with Crippen molar-refractivity contribution >= 4 is 34.4 Å². The molecule has 0 saturated carbocycles. The molecule has 3 heterocycles. The number of hydrogen-bond donors (Lipinski definition) is 0. The van der Waals surface area contributed by atoms with E-state index in [0.29, 0.717) is 55.0 Å². The van der Waals surface area contributed by atoms with Gasteiger partial charge in [-0.1, -0.05) is 25.4 Å². The average molecular weight is 426 g/mol. The molecular formula is C22H24ClN5O2. The van der Waals surface area contributed by atoms with Gasteiger partial charge in [-0.3, -0.25) is 14.6 Å². The smallest absolute Gasteiger partial charge is 0.294 e. The molecule has 8 heteroatoms. The Morgan fingerprint density at radius 1 is 1.10 bits per heavy atom. The normalized spacial score (nSPS) is 14.5. The molecule has 7 nitrogen and oxygen atoms in total. The van der Waals surface area contributed by atoms with Crippen LogP contribution in [0.5, 0.6) is 0 Å². The molecule has 156 valence electrons.